The summed E-state index contributed by atoms with van der Waals surface area (Å²) in [5.74, 6) is 3.30. The van der Waals surface area contributed by atoms with Crippen LogP contribution in [0.5, 0.6) is 0 Å². The lowest BCUT2D eigenvalue weighted by molar-refractivity contribution is 0.567. The minimum absolute atomic E-state index is 0.0318. The highest BCUT2D eigenvalue weighted by atomic mass is 32.1. The Morgan fingerprint density at radius 3 is 2.14 bits per heavy atom. The van der Waals surface area contributed by atoms with Crippen LogP contribution in [-0.2, 0) is 0 Å². The summed E-state index contributed by atoms with van der Waals surface area (Å²) in [6, 6.07) is 33.0. The van der Waals surface area contributed by atoms with E-state index < -0.39 is 0 Å². The van der Waals surface area contributed by atoms with Gasteiger partial charge in [-0.2, -0.15) is 0 Å². The Morgan fingerprint density at radius 2 is 1.35 bits per heavy atom. The minimum atomic E-state index is -0.0318. The molecule has 0 amide bonds. The van der Waals surface area contributed by atoms with E-state index in [-0.39, 0.29) is 11.8 Å². The standard InChI is InChI=1S/C52H41N3OS/c1-32-17-25-41(48-44-29-38(34-13-7-3-8-14-34)24-28-47(44)57-49(32)48)39-22-26-42-43-27-23-40(31-46(43)56-45(42)30-39)52-54-50(36-15-9-4-10-16-36)53-51(55-52)37-20-18-35(19-21-37)33-11-5-2-6-12-33/h2-13,15,18-22,24-32,34,36,40H,14,16-17,23H2,1H3. The summed E-state index contributed by atoms with van der Waals surface area (Å²) in [5, 5.41) is 3.68. The van der Waals surface area contributed by atoms with E-state index in [9.17, 15) is 0 Å². The average Bonchev–Trinajstić information content (AvgIpc) is 3.86. The molecular weight excluding hydrogens is 715 g/mol. The van der Waals surface area contributed by atoms with Crippen LogP contribution < -0.4 is 10.6 Å². The molecule has 3 aromatic heterocycles. The molecule has 276 valence electrons. The summed E-state index contributed by atoms with van der Waals surface area (Å²) in [7, 11) is 0. The molecule has 4 aliphatic carbocycles. The van der Waals surface area contributed by atoms with Crippen molar-refractivity contribution < 1.29 is 4.42 Å². The van der Waals surface area contributed by atoms with E-state index in [2.05, 4.69) is 159 Å². The van der Waals surface area contributed by atoms with E-state index in [1.54, 1.807) is 0 Å². The molecule has 0 bridgehead atoms. The van der Waals surface area contributed by atoms with Crippen LogP contribution in [0.4, 0.5) is 0 Å². The number of thiophene rings is 1. The zero-order chi connectivity index (χ0) is 37.9. The van der Waals surface area contributed by atoms with Crippen LogP contribution in [0.2, 0.25) is 0 Å². The quantitative estimate of drug-likeness (QED) is 0.170. The highest BCUT2D eigenvalue weighted by Gasteiger charge is 2.27. The SMILES string of the molecule is CC1CC=C(c2ccc3c4c(oc3c2)=CC(c2nc(-c3ccc(-c5ccccc5)cc3)nc(C3C=CC=CC3)n2)CC=4)c2c1sc1ccc(C3C=CC=CC3)cc21. The lowest BCUT2D eigenvalue weighted by Gasteiger charge is -2.20. The summed E-state index contributed by atoms with van der Waals surface area (Å²) < 4.78 is 8.12. The van der Waals surface area contributed by atoms with E-state index in [4.69, 9.17) is 19.4 Å². The lowest BCUT2D eigenvalue weighted by Crippen LogP contribution is -2.26. The zero-order valence-corrected chi connectivity index (χ0v) is 32.6. The molecule has 7 aromatic rings. The second-order valence-corrected chi connectivity index (χ2v) is 16.9. The summed E-state index contributed by atoms with van der Waals surface area (Å²) in [6.07, 6.45) is 28.3. The molecule has 4 aliphatic rings. The van der Waals surface area contributed by atoms with Crippen molar-refractivity contribution in [1.29, 1.82) is 0 Å². The van der Waals surface area contributed by atoms with Crippen molar-refractivity contribution in [2.24, 2.45) is 0 Å². The number of aromatic nitrogens is 3. The number of rotatable bonds is 6. The second-order valence-electron chi connectivity index (χ2n) is 15.8. The third-order valence-electron chi connectivity index (χ3n) is 12.1. The first-order chi connectivity index (χ1) is 28.1. The first-order valence-electron chi connectivity index (χ1n) is 20.2. The zero-order valence-electron chi connectivity index (χ0n) is 31.8. The fourth-order valence-corrected chi connectivity index (χ4v) is 10.2. The van der Waals surface area contributed by atoms with Gasteiger partial charge < -0.3 is 4.42 Å². The van der Waals surface area contributed by atoms with E-state index in [0.29, 0.717) is 17.7 Å². The van der Waals surface area contributed by atoms with Crippen molar-refractivity contribution in [2.75, 3.05) is 0 Å². The molecule has 57 heavy (non-hydrogen) atoms. The number of hydrogen-bond acceptors (Lipinski definition) is 5. The number of fused-ring (bicyclic) bond motifs is 6. The molecule has 0 saturated carbocycles. The number of nitrogens with zero attached hydrogens (tertiary/aromatic N) is 3. The average molecular weight is 756 g/mol. The molecule has 11 rings (SSSR count). The fraction of sp³-hybridized carbons (Fsp3) is 0.173. The van der Waals surface area contributed by atoms with Crippen LogP contribution in [-0.4, -0.2) is 15.0 Å². The number of hydrogen-bond donors (Lipinski definition) is 0. The molecule has 3 heterocycles. The predicted molar refractivity (Wildman–Crippen MR) is 236 cm³/mol. The van der Waals surface area contributed by atoms with Crippen molar-refractivity contribution in [2.45, 2.75) is 56.3 Å². The van der Waals surface area contributed by atoms with Gasteiger partial charge >= 0.3 is 0 Å². The third-order valence-corrected chi connectivity index (χ3v) is 13.5. The van der Waals surface area contributed by atoms with E-state index in [0.717, 1.165) is 64.5 Å². The van der Waals surface area contributed by atoms with Gasteiger partial charge in [-0.1, -0.05) is 134 Å². The van der Waals surface area contributed by atoms with Crippen molar-refractivity contribution in [3.8, 4) is 22.5 Å². The van der Waals surface area contributed by atoms with Crippen molar-refractivity contribution in [3.05, 3.63) is 190 Å². The molecule has 4 atom stereocenters. The van der Waals surface area contributed by atoms with E-state index in [1.165, 1.54) is 48.4 Å². The molecule has 0 saturated heterocycles. The molecule has 0 spiro atoms. The lowest BCUT2D eigenvalue weighted by atomic mass is 9.84. The van der Waals surface area contributed by atoms with Crippen LogP contribution in [0, 0.1) is 0 Å². The Balaban J connectivity index is 0.956. The van der Waals surface area contributed by atoms with E-state index in [1.807, 2.05) is 17.4 Å². The Kier molecular flexibility index (Phi) is 8.43. The summed E-state index contributed by atoms with van der Waals surface area (Å²) in [4.78, 5) is 16.8. The number of furan rings is 1. The highest BCUT2D eigenvalue weighted by Crippen LogP contribution is 2.47. The van der Waals surface area contributed by atoms with Crippen molar-refractivity contribution >= 4 is 50.1 Å². The van der Waals surface area contributed by atoms with Gasteiger partial charge in [0.2, 0.25) is 0 Å². The van der Waals surface area contributed by atoms with Crippen LogP contribution in [0.15, 0.2) is 150 Å². The maximum atomic E-state index is 6.75. The molecular formula is C52H41N3OS. The van der Waals surface area contributed by atoms with Crippen LogP contribution in [0.25, 0.3) is 61.3 Å². The van der Waals surface area contributed by atoms with E-state index >= 15 is 0 Å². The number of allylic oxidation sites excluding steroid dienone is 9. The molecule has 0 fully saturated rings. The maximum absolute atomic E-state index is 6.75. The van der Waals surface area contributed by atoms with Gasteiger partial charge in [-0.15, -0.1) is 11.3 Å². The highest BCUT2D eigenvalue weighted by molar-refractivity contribution is 7.19. The Morgan fingerprint density at radius 1 is 0.614 bits per heavy atom. The maximum Gasteiger partial charge on any atom is 0.163 e. The van der Waals surface area contributed by atoms with Gasteiger partial charge in [0.15, 0.2) is 5.82 Å². The Hall–Kier alpha value is -6.17. The summed E-state index contributed by atoms with van der Waals surface area (Å²) in [6.45, 7) is 2.37. The largest absolute Gasteiger partial charge is 0.456 e. The normalized spacial score (nSPS) is 20.9. The predicted octanol–water partition coefficient (Wildman–Crippen LogP) is 12.1. The second kappa shape index (κ2) is 14.1. The van der Waals surface area contributed by atoms with Gasteiger partial charge in [-0.25, -0.2) is 15.0 Å². The molecule has 4 aromatic carbocycles. The van der Waals surface area contributed by atoms with Gasteiger partial charge in [0, 0.05) is 54.4 Å². The summed E-state index contributed by atoms with van der Waals surface area (Å²) in [5.41, 5.74) is 10.5. The van der Waals surface area contributed by atoms with Gasteiger partial charge in [0.25, 0.3) is 0 Å². The van der Waals surface area contributed by atoms with Crippen LogP contribution in [0.1, 0.15) is 89.5 Å². The Labute approximate surface area is 336 Å². The number of benzene rings is 4. The van der Waals surface area contributed by atoms with Crippen molar-refractivity contribution in [3.63, 3.8) is 0 Å². The summed E-state index contributed by atoms with van der Waals surface area (Å²) >= 11 is 1.96. The first-order valence-corrected chi connectivity index (χ1v) is 21.0. The van der Waals surface area contributed by atoms with Gasteiger partial charge in [-0.3, -0.25) is 0 Å². The molecule has 0 aliphatic heterocycles. The molecule has 0 N–H and O–H groups in total. The third kappa shape index (κ3) is 6.18. The smallest absolute Gasteiger partial charge is 0.163 e. The van der Waals surface area contributed by atoms with Crippen molar-refractivity contribution in [1.82, 2.24) is 15.0 Å². The van der Waals surface area contributed by atoms with Crippen LogP contribution in [0.3, 0.4) is 0 Å². The molecule has 4 unspecified atom stereocenters. The fourth-order valence-electron chi connectivity index (χ4n) is 8.98. The first kappa shape index (κ1) is 34.1. The van der Waals surface area contributed by atoms with Gasteiger partial charge in [0.05, 0.1) is 0 Å². The van der Waals surface area contributed by atoms with Gasteiger partial charge in [-0.05, 0) is 89.8 Å². The monoisotopic (exact) mass is 755 g/mol. The molecule has 0 radical (unpaired) electrons. The molecule has 4 nitrogen and oxygen atoms in total. The van der Waals surface area contributed by atoms with Gasteiger partial charge in [0.1, 0.15) is 22.6 Å². The van der Waals surface area contributed by atoms with Crippen LogP contribution >= 0.6 is 11.3 Å². The minimum Gasteiger partial charge on any atom is -0.456 e. The topological polar surface area (TPSA) is 51.8 Å². The molecule has 5 heteroatoms. The Bertz CT molecular complexity index is 2990.